The summed E-state index contributed by atoms with van der Waals surface area (Å²) >= 11 is 0. The first-order valence-electron chi connectivity index (χ1n) is 13.3. The molecule has 0 saturated carbocycles. The molecule has 1 N–H and O–H groups in total. The van der Waals surface area contributed by atoms with E-state index in [1.165, 1.54) is 12.1 Å². The standard InChI is InChI=1S/C31H33FN4O3/c1-2-34-13-15-35(16-14-34)31(38)29-19-25-18-27(33-30(37)22-39-21-23-7-4-3-5-8-23)11-12-28(25)36(29)20-24-9-6-10-26(32)17-24/h3-12,17-19H,2,13-16,20-22H2,1H3,(H,33,37). The number of rotatable bonds is 9. The summed E-state index contributed by atoms with van der Waals surface area (Å²) in [4.78, 5) is 30.4. The fourth-order valence-corrected chi connectivity index (χ4v) is 4.98. The number of benzene rings is 3. The van der Waals surface area contributed by atoms with Gasteiger partial charge in [-0.25, -0.2) is 4.39 Å². The van der Waals surface area contributed by atoms with Crippen molar-refractivity contribution in [2.45, 2.75) is 20.1 Å². The number of nitrogens with one attached hydrogen (secondary N) is 1. The van der Waals surface area contributed by atoms with Crippen molar-refractivity contribution in [1.82, 2.24) is 14.4 Å². The van der Waals surface area contributed by atoms with Crippen molar-refractivity contribution < 1.29 is 18.7 Å². The lowest BCUT2D eigenvalue weighted by Gasteiger charge is -2.34. The van der Waals surface area contributed by atoms with Gasteiger partial charge in [0.25, 0.3) is 5.91 Å². The lowest BCUT2D eigenvalue weighted by molar-refractivity contribution is -0.121. The molecule has 1 aliphatic heterocycles. The minimum absolute atomic E-state index is 0.0433. The second-order valence-electron chi connectivity index (χ2n) is 9.77. The van der Waals surface area contributed by atoms with Crippen molar-refractivity contribution in [3.05, 3.63) is 102 Å². The molecule has 2 heterocycles. The summed E-state index contributed by atoms with van der Waals surface area (Å²) in [5.74, 6) is -0.611. The molecule has 2 amide bonds. The highest BCUT2D eigenvalue weighted by molar-refractivity contribution is 6.01. The first-order valence-corrected chi connectivity index (χ1v) is 13.3. The van der Waals surface area contributed by atoms with E-state index in [4.69, 9.17) is 4.74 Å². The van der Waals surface area contributed by atoms with E-state index in [2.05, 4.69) is 17.1 Å². The maximum atomic E-state index is 13.9. The number of fused-ring (bicyclic) bond motifs is 1. The third-order valence-corrected chi connectivity index (χ3v) is 7.09. The van der Waals surface area contributed by atoms with Crippen molar-refractivity contribution in [3.8, 4) is 0 Å². The molecule has 1 fully saturated rings. The van der Waals surface area contributed by atoms with E-state index in [9.17, 15) is 14.0 Å². The molecule has 0 aliphatic carbocycles. The molecule has 0 spiro atoms. The quantitative estimate of drug-likeness (QED) is 0.340. The summed E-state index contributed by atoms with van der Waals surface area (Å²) in [7, 11) is 0. The minimum Gasteiger partial charge on any atom is -0.367 e. The number of halogens is 1. The van der Waals surface area contributed by atoms with Crippen molar-refractivity contribution in [1.29, 1.82) is 0 Å². The van der Waals surface area contributed by atoms with Crippen LogP contribution in [-0.4, -0.2) is 65.5 Å². The molecule has 0 bridgehead atoms. The summed E-state index contributed by atoms with van der Waals surface area (Å²) in [5, 5.41) is 3.71. The van der Waals surface area contributed by atoms with Crippen LogP contribution in [0, 0.1) is 5.82 Å². The summed E-state index contributed by atoms with van der Waals surface area (Å²) in [6, 6.07) is 23.5. The van der Waals surface area contributed by atoms with E-state index in [-0.39, 0.29) is 24.2 Å². The van der Waals surface area contributed by atoms with Crippen LogP contribution in [0.5, 0.6) is 0 Å². The largest absolute Gasteiger partial charge is 0.367 e. The molecule has 0 atom stereocenters. The SMILES string of the molecule is CCN1CCN(C(=O)c2cc3cc(NC(=O)COCc4ccccc4)ccc3n2Cc2cccc(F)c2)CC1. The van der Waals surface area contributed by atoms with Gasteiger partial charge >= 0.3 is 0 Å². The number of hydrogen-bond donors (Lipinski definition) is 1. The zero-order valence-electron chi connectivity index (χ0n) is 22.1. The first-order chi connectivity index (χ1) is 19.0. The topological polar surface area (TPSA) is 66.8 Å². The second kappa shape index (κ2) is 12.2. The van der Waals surface area contributed by atoms with Crippen LogP contribution in [0.4, 0.5) is 10.1 Å². The Morgan fingerprint density at radius 1 is 0.897 bits per heavy atom. The number of anilines is 1. The Morgan fingerprint density at radius 3 is 2.41 bits per heavy atom. The maximum absolute atomic E-state index is 13.9. The van der Waals surface area contributed by atoms with Gasteiger partial charge in [-0.05, 0) is 54.1 Å². The average Bonchev–Trinajstić information content (AvgIpc) is 3.30. The van der Waals surface area contributed by atoms with Gasteiger partial charge in [0.15, 0.2) is 0 Å². The lowest BCUT2D eigenvalue weighted by Crippen LogP contribution is -2.48. The highest BCUT2D eigenvalue weighted by Gasteiger charge is 2.25. The van der Waals surface area contributed by atoms with Crippen LogP contribution in [0.15, 0.2) is 78.9 Å². The van der Waals surface area contributed by atoms with E-state index in [1.54, 1.807) is 6.07 Å². The molecule has 1 saturated heterocycles. The molecule has 5 rings (SSSR count). The predicted octanol–water partition coefficient (Wildman–Crippen LogP) is 4.76. The van der Waals surface area contributed by atoms with Gasteiger partial charge in [-0.3, -0.25) is 9.59 Å². The highest BCUT2D eigenvalue weighted by Crippen LogP contribution is 2.26. The fraction of sp³-hybridized carbons (Fsp3) is 0.290. The first kappa shape index (κ1) is 26.6. The molecule has 7 nitrogen and oxygen atoms in total. The van der Waals surface area contributed by atoms with E-state index >= 15 is 0 Å². The summed E-state index contributed by atoms with van der Waals surface area (Å²) in [6.07, 6.45) is 0. The van der Waals surface area contributed by atoms with Crippen molar-refractivity contribution >= 4 is 28.4 Å². The Balaban J connectivity index is 1.36. The molecule has 8 heteroatoms. The van der Waals surface area contributed by atoms with E-state index in [0.29, 0.717) is 37.6 Å². The Morgan fingerprint density at radius 2 is 1.67 bits per heavy atom. The number of amides is 2. The van der Waals surface area contributed by atoms with Gasteiger partial charge in [0.1, 0.15) is 18.1 Å². The van der Waals surface area contributed by atoms with Crippen LogP contribution in [0.2, 0.25) is 0 Å². The maximum Gasteiger partial charge on any atom is 0.270 e. The minimum atomic E-state index is -0.313. The molecule has 3 aromatic carbocycles. The molecule has 1 aliphatic rings. The summed E-state index contributed by atoms with van der Waals surface area (Å²) in [6.45, 7) is 6.75. The zero-order chi connectivity index (χ0) is 27.2. The van der Waals surface area contributed by atoms with Gasteiger partial charge in [0, 0.05) is 49.3 Å². The number of carbonyl (C=O) groups is 2. The van der Waals surface area contributed by atoms with Crippen LogP contribution >= 0.6 is 0 Å². The second-order valence-corrected chi connectivity index (χ2v) is 9.77. The Kier molecular flexibility index (Phi) is 8.34. The Bertz CT molecular complexity index is 1450. The molecular formula is C31H33FN4O3. The van der Waals surface area contributed by atoms with Crippen LogP contribution in [0.25, 0.3) is 10.9 Å². The predicted molar refractivity (Wildman–Crippen MR) is 150 cm³/mol. The van der Waals surface area contributed by atoms with E-state index < -0.39 is 0 Å². The number of hydrogen-bond acceptors (Lipinski definition) is 4. The third kappa shape index (κ3) is 6.53. The smallest absolute Gasteiger partial charge is 0.270 e. The molecule has 4 aromatic rings. The van der Waals surface area contributed by atoms with Crippen molar-refractivity contribution in [3.63, 3.8) is 0 Å². The molecule has 39 heavy (non-hydrogen) atoms. The van der Waals surface area contributed by atoms with Gasteiger partial charge in [-0.1, -0.05) is 49.4 Å². The van der Waals surface area contributed by atoms with Crippen LogP contribution in [0.1, 0.15) is 28.5 Å². The summed E-state index contributed by atoms with van der Waals surface area (Å²) in [5.41, 5.74) is 3.78. The van der Waals surface area contributed by atoms with Crippen LogP contribution < -0.4 is 5.32 Å². The zero-order valence-corrected chi connectivity index (χ0v) is 22.1. The van der Waals surface area contributed by atoms with Gasteiger partial charge in [-0.2, -0.15) is 0 Å². The van der Waals surface area contributed by atoms with Gasteiger partial charge in [-0.15, -0.1) is 0 Å². The van der Waals surface area contributed by atoms with Gasteiger partial charge in [0.05, 0.1) is 6.61 Å². The van der Waals surface area contributed by atoms with Crippen molar-refractivity contribution in [2.75, 3.05) is 44.6 Å². The van der Waals surface area contributed by atoms with E-state index in [1.807, 2.05) is 70.1 Å². The van der Waals surface area contributed by atoms with Crippen molar-refractivity contribution in [2.24, 2.45) is 0 Å². The Labute approximate surface area is 227 Å². The lowest BCUT2D eigenvalue weighted by atomic mass is 10.2. The number of ether oxygens (including phenoxy) is 1. The third-order valence-electron chi connectivity index (χ3n) is 7.09. The molecular weight excluding hydrogens is 495 g/mol. The van der Waals surface area contributed by atoms with Crippen LogP contribution in [0.3, 0.4) is 0 Å². The van der Waals surface area contributed by atoms with Crippen LogP contribution in [-0.2, 0) is 22.7 Å². The van der Waals surface area contributed by atoms with Gasteiger partial charge in [0.2, 0.25) is 5.91 Å². The normalized spacial score (nSPS) is 14.1. The van der Waals surface area contributed by atoms with E-state index in [0.717, 1.165) is 41.7 Å². The Hall–Kier alpha value is -4.01. The fourth-order valence-electron chi connectivity index (χ4n) is 4.98. The number of piperazine rings is 1. The molecule has 202 valence electrons. The molecule has 0 unspecified atom stereocenters. The number of nitrogens with zero attached hydrogens (tertiary/aromatic N) is 3. The summed E-state index contributed by atoms with van der Waals surface area (Å²) < 4.78 is 21.4. The highest BCUT2D eigenvalue weighted by atomic mass is 19.1. The monoisotopic (exact) mass is 528 g/mol. The number of aromatic nitrogens is 1. The van der Waals surface area contributed by atoms with Gasteiger partial charge < -0.3 is 24.4 Å². The molecule has 1 aromatic heterocycles. The molecule has 0 radical (unpaired) electrons. The number of carbonyl (C=O) groups excluding carboxylic acids is 2. The average molecular weight is 529 g/mol. The number of likely N-dealkylation sites (N-methyl/N-ethyl adjacent to an activating group) is 1.